The van der Waals surface area contributed by atoms with Gasteiger partial charge in [-0.15, -0.1) is 0 Å². The third kappa shape index (κ3) is 2.04. The van der Waals surface area contributed by atoms with E-state index in [1.54, 1.807) is 0 Å². The Morgan fingerprint density at radius 2 is 2.35 bits per heavy atom. The van der Waals surface area contributed by atoms with Crippen LogP contribution in [0.3, 0.4) is 0 Å². The minimum absolute atomic E-state index is 0.114. The lowest BCUT2D eigenvalue weighted by molar-refractivity contribution is -0.134. The van der Waals surface area contributed by atoms with Crippen LogP contribution in [0.5, 0.6) is 0 Å². The predicted octanol–water partition coefficient (Wildman–Crippen LogP) is 0.0124. The molecule has 17 heavy (non-hydrogen) atoms. The highest BCUT2D eigenvalue weighted by Gasteiger charge is 2.43. The number of likely N-dealkylation sites (N-methyl/N-ethyl adjacent to an activating group) is 1. The quantitative estimate of drug-likeness (QED) is 0.752. The van der Waals surface area contributed by atoms with Gasteiger partial charge in [0.2, 0.25) is 5.91 Å². The largest absolute Gasteiger partial charge is 0.476 e. The second kappa shape index (κ2) is 4.29. The van der Waals surface area contributed by atoms with E-state index >= 15 is 0 Å². The zero-order valence-electron chi connectivity index (χ0n) is 10.1. The van der Waals surface area contributed by atoms with Gasteiger partial charge in [0.1, 0.15) is 12.1 Å². The third-order valence-electron chi connectivity index (χ3n) is 3.94. The molecule has 0 spiro atoms. The number of nitrogens with zero attached hydrogens (tertiary/aromatic N) is 2. The maximum atomic E-state index is 12.4. The molecule has 1 amide bonds. The number of likely N-dealkylation sites (tertiary alicyclic amines) is 1. The summed E-state index contributed by atoms with van der Waals surface area (Å²) in [7, 11) is 1.82. The fourth-order valence-electron chi connectivity index (χ4n) is 2.72. The van der Waals surface area contributed by atoms with Gasteiger partial charge in [0.05, 0.1) is 6.04 Å². The van der Waals surface area contributed by atoms with Gasteiger partial charge in [-0.3, -0.25) is 9.79 Å². The number of hydrogen-bond acceptors (Lipinski definition) is 4. The molecule has 1 saturated carbocycles. The summed E-state index contributed by atoms with van der Waals surface area (Å²) in [6.45, 7) is 1.73. The first-order valence-corrected chi connectivity index (χ1v) is 6.42. The molecule has 1 aliphatic carbocycles. The summed E-state index contributed by atoms with van der Waals surface area (Å²) >= 11 is 0. The number of aliphatic imine (C=N–C) groups is 1. The molecule has 1 saturated heterocycles. The summed E-state index contributed by atoms with van der Waals surface area (Å²) in [4.78, 5) is 18.7. The zero-order chi connectivity index (χ0) is 11.8. The molecule has 2 fully saturated rings. The van der Waals surface area contributed by atoms with E-state index in [-0.39, 0.29) is 24.1 Å². The molecule has 0 aromatic rings. The molecule has 0 aromatic heterocycles. The van der Waals surface area contributed by atoms with Crippen LogP contribution in [0.1, 0.15) is 19.3 Å². The molecule has 94 valence electrons. The molecule has 0 aromatic carbocycles. The molecular formula is C12H19N3O2. The van der Waals surface area contributed by atoms with E-state index in [1.807, 2.05) is 11.9 Å². The number of carbonyl (C=O) groups is 1. The van der Waals surface area contributed by atoms with Crippen LogP contribution < -0.4 is 5.32 Å². The van der Waals surface area contributed by atoms with Crippen LogP contribution in [0, 0.1) is 5.92 Å². The van der Waals surface area contributed by atoms with Crippen LogP contribution in [-0.2, 0) is 9.53 Å². The van der Waals surface area contributed by atoms with Crippen molar-refractivity contribution < 1.29 is 9.53 Å². The van der Waals surface area contributed by atoms with Crippen molar-refractivity contribution in [2.24, 2.45) is 10.9 Å². The van der Waals surface area contributed by atoms with Crippen LogP contribution >= 0.6 is 0 Å². The molecular weight excluding hydrogens is 218 g/mol. The van der Waals surface area contributed by atoms with Crippen LogP contribution in [0.15, 0.2) is 4.99 Å². The topological polar surface area (TPSA) is 53.9 Å². The van der Waals surface area contributed by atoms with Crippen LogP contribution in [0.2, 0.25) is 0 Å². The summed E-state index contributed by atoms with van der Waals surface area (Å²) in [5, 5.41) is 3.09. The summed E-state index contributed by atoms with van der Waals surface area (Å²) in [6, 6.07) is -0.107. The summed E-state index contributed by atoms with van der Waals surface area (Å²) in [5.74, 6) is 0.913. The average molecular weight is 237 g/mol. The fourth-order valence-corrected chi connectivity index (χ4v) is 2.72. The summed E-state index contributed by atoms with van der Waals surface area (Å²) in [6.07, 6.45) is 4.85. The van der Waals surface area contributed by atoms with Gasteiger partial charge in [0, 0.05) is 13.1 Å². The van der Waals surface area contributed by atoms with Gasteiger partial charge >= 0.3 is 0 Å². The Hall–Kier alpha value is -1.10. The number of fused-ring (bicyclic) bond motifs is 1. The monoisotopic (exact) mass is 237 g/mol. The lowest BCUT2D eigenvalue weighted by atomic mass is 10.0. The van der Waals surface area contributed by atoms with Crippen molar-refractivity contribution in [3.63, 3.8) is 0 Å². The fraction of sp³-hybridized carbons (Fsp3) is 0.833. The Morgan fingerprint density at radius 1 is 1.53 bits per heavy atom. The smallest absolute Gasteiger partial charge is 0.243 e. The van der Waals surface area contributed by atoms with Gasteiger partial charge < -0.3 is 15.0 Å². The second-order valence-corrected chi connectivity index (χ2v) is 5.21. The van der Waals surface area contributed by atoms with Crippen molar-refractivity contribution in [2.75, 3.05) is 20.1 Å². The minimum Gasteiger partial charge on any atom is -0.476 e. The average Bonchev–Trinajstić information content (AvgIpc) is 3.05. The Kier molecular flexibility index (Phi) is 2.78. The van der Waals surface area contributed by atoms with Crippen molar-refractivity contribution >= 4 is 12.3 Å². The molecule has 1 N–H and O–H groups in total. The molecule has 0 radical (unpaired) electrons. The number of rotatable bonds is 3. The molecule has 5 heteroatoms. The normalized spacial score (nSPS) is 36.6. The van der Waals surface area contributed by atoms with E-state index in [4.69, 9.17) is 4.74 Å². The number of amides is 1. The molecule has 5 nitrogen and oxygen atoms in total. The van der Waals surface area contributed by atoms with Crippen LogP contribution in [0.25, 0.3) is 0 Å². The van der Waals surface area contributed by atoms with E-state index in [0.717, 1.165) is 25.4 Å². The summed E-state index contributed by atoms with van der Waals surface area (Å²) in [5.41, 5.74) is 0. The van der Waals surface area contributed by atoms with Crippen molar-refractivity contribution in [1.29, 1.82) is 0 Å². The molecule has 3 atom stereocenters. The Bertz CT molecular complexity index is 341. The van der Waals surface area contributed by atoms with Crippen molar-refractivity contribution in [3.8, 4) is 0 Å². The van der Waals surface area contributed by atoms with E-state index in [2.05, 4.69) is 10.3 Å². The van der Waals surface area contributed by atoms with Gasteiger partial charge in [-0.1, -0.05) is 0 Å². The lowest BCUT2D eigenvalue weighted by Gasteiger charge is -2.26. The number of carbonyl (C=O) groups excluding carboxylic acids is 1. The predicted molar refractivity (Wildman–Crippen MR) is 63.9 cm³/mol. The highest BCUT2D eigenvalue weighted by atomic mass is 16.5. The Morgan fingerprint density at radius 3 is 3.06 bits per heavy atom. The summed E-state index contributed by atoms with van der Waals surface area (Å²) < 4.78 is 5.48. The maximum Gasteiger partial charge on any atom is 0.243 e. The van der Waals surface area contributed by atoms with Gasteiger partial charge in [0.15, 0.2) is 6.40 Å². The molecule has 3 unspecified atom stereocenters. The van der Waals surface area contributed by atoms with E-state index in [0.29, 0.717) is 0 Å². The van der Waals surface area contributed by atoms with Gasteiger partial charge in [-0.2, -0.15) is 0 Å². The second-order valence-electron chi connectivity index (χ2n) is 5.21. The minimum atomic E-state index is -0.247. The van der Waals surface area contributed by atoms with Crippen LogP contribution in [0.4, 0.5) is 0 Å². The van der Waals surface area contributed by atoms with Gasteiger partial charge in [-0.25, -0.2) is 0 Å². The van der Waals surface area contributed by atoms with Gasteiger partial charge in [-0.05, 0) is 32.2 Å². The molecule has 2 aliphatic heterocycles. The Labute approximate surface area is 101 Å². The third-order valence-corrected chi connectivity index (χ3v) is 3.94. The van der Waals surface area contributed by atoms with Crippen molar-refractivity contribution in [1.82, 2.24) is 10.2 Å². The maximum absolute atomic E-state index is 12.4. The van der Waals surface area contributed by atoms with Crippen molar-refractivity contribution in [3.05, 3.63) is 0 Å². The van der Waals surface area contributed by atoms with E-state index in [9.17, 15) is 4.79 Å². The number of hydrogen-bond donors (Lipinski definition) is 1. The van der Waals surface area contributed by atoms with Crippen molar-refractivity contribution in [2.45, 2.75) is 37.5 Å². The van der Waals surface area contributed by atoms with Crippen LogP contribution in [-0.4, -0.2) is 55.5 Å². The first-order valence-electron chi connectivity index (χ1n) is 6.42. The number of ether oxygens (including phenoxy) is 1. The first-order chi connectivity index (χ1) is 8.29. The Balaban J connectivity index is 1.75. The molecule has 3 rings (SSSR count). The SMILES string of the molecule is CNC1C(=O)N(CC2CC2)CCC2N=COC21. The lowest BCUT2D eigenvalue weighted by Crippen LogP contribution is -2.51. The molecule has 2 heterocycles. The standard InChI is InChI=1S/C12H19N3O2/c1-13-10-11-9(14-7-17-11)4-5-15(12(10)16)6-8-2-3-8/h7-11,13H,2-6H2,1H3. The van der Waals surface area contributed by atoms with E-state index < -0.39 is 0 Å². The highest BCUT2D eigenvalue weighted by molar-refractivity contribution is 5.83. The first kappa shape index (κ1) is 11.0. The zero-order valence-corrected chi connectivity index (χ0v) is 10.1. The van der Waals surface area contributed by atoms with E-state index in [1.165, 1.54) is 19.2 Å². The van der Waals surface area contributed by atoms with Gasteiger partial charge in [0.25, 0.3) is 0 Å². The number of nitrogens with one attached hydrogen (secondary N) is 1. The molecule has 0 bridgehead atoms. The highest BCUT2D eigenvalue weighted by Crippen LogP contribution is 2.31. The molecule has 3 aliphatic rings.